The molecule has 0 unspecified atom stereocenters. The molecule has 1 saturated carbocycles. The van der Waals surface area contributed by atoms with Crippen LogP contribution in [0.5, 0.6) is 0 Å². The van der Waals surface area contributed by atoms with E-state index in [2.05, 4.69) is 0 Å². The third kappa shape index (κ3) is 1.94. The zero-order valence-corrected chi connectivity index (χ0v) is 9.45. The lowest BCUT2D eigenvalue weighted by Crippen LogP contribution is -2.41. The molecule has 3 N–H and O–H groups in total. The van der Waals surface area contributed by atoms with Crippen molar-refractivity contribution in [3.8, 4) is 0 Å². The Morgan fingerprint density at radius 1 is 1.50 bits per heavy atom. The summed E-state index contributed by atoms with van der Waals surface area (Å²) < 4.78 is 5.28. The van der Waals surface area contributed by atoms with Crippen LogP contribution in [0, 0.1) is 5.41 Å². The minimum Gasteiger partial charge on any atom is -0.501 e. The van der Waals surface area contributed by atoms with Gasteiger partial charge in [0.1, 0.15) is 0 Å². The molecule has 2 aliphatic rings. The summed E-state index contributed by atoms with van der Waals surface area (Å²) in [6.45, 7) is 0.707. The maximum atomic E-state index is 11.5. The van der Waals surface area contributed by atoms with Crippen LogP contribution in [0.4, 0.5) is 0 Å². The number of hydrogen-bond donors (Lipinski definition) is 2. The number of aliphatic carboxylic acids is 1. The summed E-state index contributed by atoms with van der Waals surface area (Å²) in [5.74, 6) is -0.712. The van der Waals surface area contributed by atoms with Gasteiger partial charge in [-0.3, -0.25) is 4.79 Å². The number of nitrogens with two attached hydrogens (primary N) is 1. The van der Waals surface area contributed by atoms with E-state index in [-0.39, 0.29) is 6.04 Å². The summed E-state index contributed by atoms with van der Waals surface area (Å²) in [5.41, 5.74) is 6.10. The molecule has 1 aliphatic carbocycles. The molecule has 4 heteroatoms. The summed E-state index contributed by atoms with van der Waals surface area (Å²) >= 11 is 0. The zero-order valence-electron chi connectivity index (χ0n) is 9.45. The van der Waals surface area contributed by atoms with Crippen molar-refractivity contribution in [3.05, 3.63) is 11.8 Å². The van der Waals surface area contributed by atoms with Crippen LogP contribution in [-0.4, -0.2) is 23.7 Å². The van der Waals surface area contributed by atoms with Gasteiger partial charge in [0.05, 0.1) is 18.3 Å². The smallest absolute Gasteiger partial charge is 0.313 e. The highest BCUT2D eigenvalue weighted by Gasteiger charge is 2.44. The van der Waals surface area contributed by atoms with Gasteiger partial charge in [-0.05, 0) is 44.1 Å². The van der Waals surface area contributed by atoms with E-state index in [9.17, 15) is 9.90 Å². The molecule has 90 valence electrons. The molecule has 0 atom stereocenters. The van der Waals surface area contributed by atoms with Crippen LogP contribution in [0.25, 0.3) is 0 Å². The van der Waals surface area contributed by atoms with Gasteiger partial charge >= 0.3 is 5.97 Å². The first-order chi connectivity index (χ1) is 7.65. The first-order valence-electron chi connectivity index (χ1n) is 5.95. The Balaban J connectivity index is 2.21. The normalized spacial score (nSPS) is 35.1. The van der Waals surface area contributed by atoms with Crippen molar-refractivity contribution in [1.29, 1.82) is 0 Å². The van der Waals surface area contributed by atoms with Gasteiger partial charge in [-0.15, -0.1) is 0 Å². The average Bonchev–Trinajstić information content (AvgIpc) is 2.31. The third-order valence-corrected chi connectivity index (χ3v) is 3.84. The maximum absolute atomic E-state index is 11.5. The number of hydrogen-bond acceptors (Lipinski definition) is 3. The lowest BCUT2D eigenvalue weighted by atomic mass is 9.67. The Kier molecular flexibility index (Phi) is 3.19. The van der Waals surface area contributed by atoms with Gasteiger partial charge < -0.3 is 15.6 Å². The van der Waals surface area contributed by atoms with Crippen LogP contribution in [0.15, 0.2) is 11.8 Å². The zero-order chi connectivity index (χ0) is 11.6. The fraction of sp³-hybridized carbons (Fsp3) is 0.750. The van der Waals surface area contributed by atoms with Crippen LogP contribution in [0.2, 0.25) is 0 Å². The van der Waals surface area contributed by atoms with Crippen LogP contribution in [0.1, 0.15) is 38.5 Å². The van der Waals surface area contributed by atoms with Crippen molar-refractivity contribution >= 4 is 5.97 Å². The minimum absolute atomic E-state index is 0.164. The Morgan fingerprint density at radius 3 is 2.69 bits per heavy atom. The SMILES string of the molecule is NC1CCC(C(=O)O)(C2=COCCC2)CC1. The quantitative estimate of drug-likeness (QED) is 0.749. The molecular formula is C12H19NO3. The molecule has 0 aromatic carbocycles. The standard InChI is InChI=1S/C12H19NO3/c13-10-3-5-12(6-4-10,11(14)15)9-2-1-7-16-8-9/h8,10H,1-7,13H2,(H,14,15). The largest absolute Gasteiger partial charge is 0.501 e. The molecule has 16 heavy (non-hydrogen) atoms. The van der Waals surface area contributed by atoms with Crippen LogP contribution >= 0.6 is 0 Å². The van der Waals surface area contributed by atoms with Gasteiger partial charge in [0.15, 0.2) is 0 Å². The van der Waals surface area contributed by atoms with E-state index in [1.165, 1.54) is 0 Å². The van der Waals surface area contributed by atoms with Gasteiger partial charge in [0, 0.05) is 6.04 Å². The Bertz CT molecular complexity index is 303. The van der Waals surface area contributed by atoms with E-state index in [1.807, 2.05) is 0 Å². The number of rotatable bonds is 2. The number of carboxylic acids is 1. The topological polar surface area (TPSA) is 72.6 Å². The molecule has 1 fully saturated rings. The second-order valence-corrected chi connectivity index (χ2v) is 4.84. The fourth-order valence-electron chi connectivity index (χ4n) is 2.72. The van der Waals surface area contributed by atoms with Crippen molar-refractivity contribution in [2.75, 3.05) is 6.61 Å². The van der Waals surface area contributed by atoms with E-state index in [4.69, 9.17) is 10.5 Å². The predicted molar refractivity (Wildman–Crippen MR) is 59.8 cm³/mol. The van der Waals surface area contributed by atoms with Crippen molar-refractivity contribution in [2.24, 2.45) is 11.1 Å². The Labute approximate surface area is 95.5 Å². The summed E-state index contributed by atoms with van der Waals surface area (Å²) in [5, 5.41) is 9.49. The number of carbonyl (C=O) groups is 1. The summed E-state index contributed by atoms with van der Waals surface area (Å²) in [7, 11) is 0. The maximum Gasteiger partial charge on any atom is 0.313 e. The summed E-state index contributed by atoms with van der Waals surface area (Å²) in [6.07, 6.45) is 6.34. The lowest BCUT2D eigenvalue weighted by Gasteiger charge is -2.38. The van der Waals surface area contributed by atoms with Crippen molar-refractivity contribution in [3.63, 3.8) is 0 Å². The van der Waals surface area contributed by atoms with Crippen LogP contribution < -0.4 is 5.73 Å². The van der Waals surface area contributed by atoms with Crippen LogP contribution in [0.3, 0.4) is 0 Å². The second kappa shape index (κ2) is 4.45. The van der Waals surface area contributed by atoms with Crippen molar-refractivity contribution in [1.82, 2.24) is 0 Å². The highest BCUT2D eigenvalue weighted by molar-refractivity contribution is 5.78. The highest BCUT2D eigenvalue weighted by atomic mass is 16.5. The summed E-state index contributed by atoms with van der Waals surface area (Å²) in [4.78, 5) is 11.5. The van der Waals surface area contributed by atoms with Gasteiger partial charge in [-0.1, -0.05) is 0 Å². The monoisotopic (exact) mass is 225 g/mol. The molecule has 1 aliphatic heterocycles. The van der Waals surface area contributed by atoms with E-state index in [0.717, 1.165) is 31.3 Å². The molecule has 0 aromatic rings. The van der Waals surface area contributed by atoms with Gasteiger partial charge in [-0.2, -0.15) is 0 Å². The van der Waals surface area contributed by atoms with E-state index in [0.29, 0.717) is 19.4 Å². The molecule has 0 amide bonds. The predicted octanol–water partition coefficient (Wildman–Crippen LogP) is 1.65. The third-order valence-electron chi connectivity index (χ3n) is 3.84. The van der Waals surface area contributed by atoms with Gasteiger partial charge in [0.2, 0.25) is 0 Å². The van der Waals surface area contributed by atoms with E-state index >= 15 is 0 Å². The molecule has 0 aromatic heterocycles. The highest BCUT2D eigenvalue weighted by Crippen LogP contribution is 2.45. The van der Waals surface area contributed by atoms with Crippen LogP contribution in [-0.2, 0) is 9.53 Å². The van der Waals surface area contributed by atoms with E-state index < -0.39 is 11.4 Å². The Morgan fingerprint density at radius 2 is 2.19 bits per heavy atom. The molecule has 0 radical (unpaired) electrons. The average molecular weight is 225 g/mol. The minimum atomic E-state index is -0.712. The molecule has 0 spiro atoms. The molecular weight excluding hydrogens is 206 g/mol. The van der Waals surface area contributed by atoms with Gasteiger partial charge in [-0.25, -0.2) is 0 Å². The molecule has 2 rings (SSSR count). The van der Waals surface area contributed by atoms with Gasteiger partial charge in [0.25, 0.3) is 0 Å². The Hall–Kier alpha value is -1.03. The van der Waals surface area contributed by atoms with Crippen molar-refractivity contribution in [2.45, 2.75) is 44.6 Å². The van der Waals surface area contributed by atoms with Crippen molar-refractivity contribution < 1.29 is 14.6 Å². The van der Waals surface area contributed by atoms with E-state index in [1.54, 1.807) is 6.26 Å². The first-order valence-corrected chi connectivity index (χ1v) is 5.95. The number of ether oxygens (including phenoxy) is 1. The lowest BCUT2D eigenvalue weighted by molar-refractivity contribution is -0.148. The number of carboxylic acid groups (broad SMARTS) is 1. The molecule has 0 saturated heterocycles. The first kappa shape index (κ1) is 11.5. The molecule has 0 bridgehead atoms. The molecule has 1 heterocycles. The fourth-order valence-corrected chi connectivity index (χ4v) is 2.72. The molecule has 4 nitrogen and oxygen atoms in total. The second-order valence-electron chi connectivity index (χ2n) is 4.84. The summed E-state index contributed by atoms with van der Waals surface area (Å²) in [6, 6.07) is 0.164.